The van der Waals surface area contributed by atoms with E-state index in [1.807, 2.05) is 6.07 Å². The van der Waals surface area contributed by atoms with Gasteiger partial charge in [0.25, 0.3) is 0 Å². The Morgan fingerprint density at radius 3 is 3.00 bits per heavy atom. The van der Waals surface area contributed by atoms with Gasteiger partial charge in [-0.3, -0.25) is 5.32 Å². The lowest BCUT2D eigenvalue weighted by molar-refractivity contribution is 0.0597. The van der Waals surface area contributed by atoms with E-state index < -0.39 is 0 Å². The van der Waals surface area contributed by atoms with Gasteiger partial charge in [-0.15, -0.1) is 11.3 Å². The van der Waals surface area contributed by atoms with Crippen molar-refractivity contribution in [1.29, 1.82) is 5.26 Å². The maximum Gasteiger partial charge on any atom is 0.0986 e. The van der Waals surface area contributed by atoms with Crippen molar-refractivity contribution < 1.29 is 4.74 Å². The molecule has 1 aliphatic rings. The van der Waals surface area contributed by atoms with Crippen LogP contribution < -0.4 is 5.32 Å². The lowest BCUT2D eigenvalue weighted by Crippen LogP contribution is -2.37. The summed E-state index contributed by atoms with van der Waals surface area (Å²) in [5.74, 6) is 0.443. The standard InChI is InChI=1S/C12H16N2OS/c13-8-12(10-3-5-15-6-4-10)14-9-11-2-1-7-16-11/h1-2,7,10,12,14H,3-6,9H2. The summed E-state index contributed by atoms with van der Waals surface area (Å²) in [5.41, 5.74) is 0. The Labute approximate surface area is 100 Å². The maximum atomic E-state index is 9.16. The molecule has 2 heterocycles. The SMILES string of the molecule is N#CC(NCc1cccs1)C1CCOCC1. The molecule has 1 saturated heterocycles. The number of thiophene rings is 1. The van der Waals surface area contributed by atoms with Crippen LogP contribution in [0, 0.1) is 17.2 Å². The van der Waals surface area contributed by atoms with Crippen LogP contribution >= 0.6 is 11.3 Å². The number of nitrogens with zero attached hydrogens (tertiary/aromatic N) is 1. The third kappa shape index (κ3) is 3.05. The van der Waals surface area contributed by atoms with Gasteiger partial charge in [0.05, 0.1) is 12.1 Å². The van der Waals surface area contributed by atoms with Gasteiger partial charge in [-0.2, -0.15) is 5.26 Å². The first-order chi connectivity index (χ1) is 7.90. The maximum absolute atomic E-state index is 9.16. The van der Waals surface area contributed by atoms with Crippen LogP contribution in [0.4, 0.5) is 0 Å². The minimum Gasteiger partial charge on any atom is -0.381 e. The summed E-state index contributed by atoms with van der Waals surface area (Å²) in [4.78, 5) is 1.28. The lowest BCUT2D eigenvalue weighted by atomic mass is 9.92. The van der Waals surface area contributed by atoms with Crippen LogP contribution in [0.2, 0.25) is 0 Å². The Kier molecular flexibility index (Phi) is 4.34. The molecular weight excluding hydrogens is 220 g/mol. The van der Waals surface area contributed by atoms with E-state index in [0.717, 1.165) is 32.6 Å². The summed E-state index contributed by atoms with van der Waals surface area (Å²) in [7, 11) is 0. The van der Waals surface area contributed by atoms with Crippen molar-refractivity contribution >= 4 is 11.3 Å². The highest BCUT2D eigenvalue weighted by Gasteiger charge is 2.23. The molecule has 0 radical (unpaired) electrons. The van der Waals surface area contributed by atoms with Crippen LogP contribution in [0.3, 0.4) is 0 Å². The summed E-state index contributed by atoms with van der Waals surface area (Å²) in [5, 5.41) is 14.6. The molecule has 16 heavy (non-hydrogen) atoms. The molecule has 1 atom stereocenters. The van der Waals surface area contributed by atoms with E-state index in [1.165, 1.54) is 4.88 Å². The fourth-order valence-electron chi connectivity index (χ4n) is 1.99. The van der Waals surface area contributed by atoms with Gasteiger partial charge >= 0.3 is 0 Å². The molecule has 0 aromatic carbocycles. The Bertz CT molecular complexity index is 338. The van der Waals surface area contributed by atoms with Crippen molar-refractivity contribution in [1.82, 2.24) is 5.32 Å². The Morgan fingerprint density at radius 1 is 1.56 bits per heavy atom. The van der Waals surface area contributed by atoms with Crippen molar-refractivity contribution in [3.63, 3.8) is 0 Å². The average molecular weight is 236 g/mol. The number of ether oxygens (including phenoxy) is 1. The van der Waals surface area contributed by atoms with Gasteiger partial charge in [-0.05, 0) is 30.2 Å². The lowest BCUT2D eigenvalue weighted by Gasteiger charge is -2.26. The van der Waals surface area contributed by atoms with Gasteiger partial charge in [0, 0.05) is 24.6 Å². The first kappa shape index (κ1) is 11.6. The minimum atomic E-state index is -0.0361. The average Bonchev–Trinajstić information content (AvgIpc) is 2.84. The quantitative estimate of drug-likeness (QED) is 0.871. The van der Waals surface area contributed by atoms with Crippen molar-refractivity contribution in [3.05, 3.63) is 22.4 Å². The molecule has 1 aromatic heterocycles. The van der Waals surface area contributed by atoms with Gasteiger partial charge in [-0.25, -0.2) is 0 Å². The molecule has 86 valence electrons. The number of nitriles is 1. The van der Waals surface area contributed by atoms with Crippen molar-refractivity contribution in [2.24, 2.45) is 5.92 Å². The van der Waals surface area contributed by atoms with Crippen molar-refractivity contribution in [3.8, 4) is 6.07 Å². The molecule has 1 aromatic rings. The predicted octanol–water partition coefficient (Wildman–Crippen LogP) is 2.16. The molecule has 0 spiro atoms. The van der Waals surface area contributed by atoms with E-state index in [4.69, 9.17) is 10.00 Å². The summed E-state index contributed by atoms with van der Waals surface area (Å²) >= 11 is 1.73. The fraction of sp³-hybridized carbons (Fsp3) is 0.583. The predicted molar refractivity (Wildman–Crippen MR) is 64.1 cm³/mol. The van der Waals surface area contributed by atoms with Gasteiger partial charge in [-0.1, -0.05) is 6.07 Å². The summed E-state index contributed by atoms with van der Waals surface area (Å²) in [6.45, 7) is 2.39. The van der Waals surface area contributed by atoms with Crippen molar-refractivity contribution in [2.45, 2.75) is 25.4 Å². The largest absolute Gasteiger partial charge is 0.381 e. The zero-order valence-electron chi connectivity index (χ0n) is 9.19. The fourth-order valence-corrected chi connectivity index (χ4v) is 2.65. The van der Waals surface area contributed by atoms with E-state index >= 15 is 0 Å². The number of hydrogen-bond acceptors (Lipinski definition) is 4. The van der Waals surface area contributed by atoms with Gasteiger partial charge in [0.2, 0.25) is 0 Å². The Balaban J connectivity index is 1.83. The molecule has 1 fully saturated rings. The molecule has 3 nitrogen and oxygen atoms in total. The molecule has 0 bridgehead atoms. The molecule has 1 unspecified atom stereocenters. The third-order valence-corrected chi connectivity index (χ3v) is 3.83. The van der Waals surface area contributed by atoms with Gasteiger partial charge in [0.1, 0.15) is 0 Å². The third-order valence-electron chi connectivity index (χ3n) is 2.95. The first-order valence-electron chi connectivity index (χ1n) is 5.63. The van der Waals surface area contributed by atoms with Crippen LogP contribution in [0.1, 0.15) is 17.7 Å². The van der Waals surface area contributed by atoms with E-state index in [-0.39, 0.29) is 6.04 Å². The summed E-state index contributed by atoms with van der Waals surface area (Å²) < 4.78 is 5.31. The van der Waals surface area contributed by atoms with Gasteiger partial charge in [0.15, 0.2) is 0 Å². The van der Waals surface area contributed by atoms with Gasteiger partial charge < -0.3 is 4.74 Å². The van der Waals surface area contributed by atoms with E-state index in [2.05, 4.69) is 22.8 Å². The molecule has 2 rings (SSSR count). The van der Waals surface area contributed by atoms with Crippen LogP contribution in [0.15, 0.2) is 17.5 Å². The van der Waals surface area contributed by atoms with E-state index in [1.54, 1.807) is 11.3 Å². The molecule has 0 amide bonds. The van der Waals surface area contributed by atoms with Crippen molar-refractivity contribution in [2.75, 3.05) is 13.2 Å². The molecule has 4 heteroatoms. The first-order valence-corrected chi connectivity index (χ1v) is 6.51. The smallest absolute Gasteiger partial charge is 0.0986 e. The Morgan fingerprint density at radius 2 is 2.38 bits per heavy atom. The number of nitrogens with one attached hydrogen (secondary N) is 1. The minimum absolute atomic E-state index is 0.0361. The highest BCUT2D eigenvalue weighted by Crippen LogP contribution is 2.19. The second-order valence-electron chi connectivity index (χ2n) is 4.02. The number of rotatable bonds is 4. The molecule has 1 N–H and O–H groups in total. The molecule has 0 aliphatic carbocycles. The van der Waals surface area contributed by atoms with E-state index in [9.17, 15) is 0 Å². The monoisotopic (exact) mass is 236 g/mol. The normalized spacial score (nSPS) is 19.2. The zero-order valence-corrected chi connectivity index (χ0v) is 10.0. The van der Waals surface area contributed by atoms with Crippen LogP contribution in [0.25, 0.3) is 0 Å². The van der Waals surface area contributed by atoms with Crippen LogP contribution in [0.5, 0.6) is 0 Å². The topological polar surface area (TPSA) is 45.0 Å². The summed E-state index contributed by atoms with van der Waals surface area (Å²) in [6, 6.07) is 6.47. The van der Waals surface area contributed by atoms with Crippen LogP contribution in [-0.4, -0.2) is 19.3 Å². The van der Waals surface area contributed by atoms with E-state index in [0.29, 0.717) is 5.92 Å². The van der Waals surface area contributed by atoms with Crippen LogP contribution in [-0.2, 0) is 11.3 Å². The highest BCUT2D eigenvalue weighted by molar-refractivity contribution is 7.09. The number of hydrogen-bond donors (Lipinski definition) is 1. The molecular formula is C12H16N2OS. The molecule has 1 aliphatic heterocycles. The summed E-state index contributed by atoms with van der Waals surface area (Å²) in [6.07, 6.45) is 1.99. The molecule has 0 saturated carbocycles. The highest BCUT2D eigenvalue weighted by atomic mass is 32.1. The Hall–Kier alpha value is -0.890. The second-order valence-corrected chi connectivity index (χ2v) is 5.05. The zero-order chi connectivity index (χ0) is 11.2. The second kappa shape index (κ2) is 6.00.